The second-order valence-corrected chi connectivity index (χ2v) is 5.30. The molecule has 0 bridgehead atoms. The van der Waals surface area contributed by atoms with E-state index in [1.807, 2.05) is 0 Å². The molecule has 19 heavy (non-hydrogen) atoms. The molecule has 0 fully saturated rings. The average Bonchev–Trinajstić information content (AvgIpc) is 2.37. The molecule has 2 aromatic carbocycles. The molecule has 2 nitrogen and oxygen atoms in total. The van der Waals surface area contributed by atoms with E-state index >= 15 is 0 Å². The lowest BCUT2D eigenvalue weighted by Gasteiger charge is -2.20. The van der Waals surface area contributed by atoms with Crippen LogP contribution in [0.5, 0.6) is 0 Å². The Morgan fingerprint density at radius 1 is 0.842 bits per heavy atom. The molecule has 0 aromatic heterocycles. The molecule has 0 aliphatic heterocycles. The third-order valence-corrected chi connectivity index (χ3v) is 3.77. The minimum Gasteiger partial charge on any atom is -0.271 e. The van der Waals surface area contributed by atoms with Gasteiger partial charge in [0.2, 0.25) is 0 Å². The van der Waals surface area contributed by atoms with Gasteiger partial charge >= 0.3 is 0 Å². The lowest BCUT2D eigenvalue weighted by atomic mass is 9.92. The van der Waals surface area contributed by atoms with E-state index in [1.54, 1.807) is 0 Å². The van der Waals surface area contributed by atoms with Gasteiger partial charge in [-0.2, -0.15) is 0 Å². The Bertz CT molecular complexity index is 588. The van der Waals surface area contributed by atoms with E-state index in [0.717, 1.165) is 0 Å². The highest BCUT2D eigenvalue weighted by atomic mass is 15.2. The molecule has 2 aromatic rings. The zero-order chi connectivity index (χ0) is 14.0. The summed E-state index contributed by atoms with van der Waals surface area (Å²) >= 11 is 0. The van der Waals surface area contributed by atoms with Crippen LogP contribution in [0.2, 0.25) is 0 Å². The van der Waals surface area contributed by atoms with Gasteiger partial charge in [0.25, 0.3) is 0 Å². The number of hydrogen-bond acceptors (Lipinski definition) is 2. The molecular weight excluding hydrogens is 232 g/mol. The van der Waals surface area contributed by atoms with Gasteiger partial charge < -0.3 is 0 Å². The van der Waals surface area contributed by atoms with Gasteiger partial charge in [0.15, 0.2) is 0 Å². The standard InChI is InChI=1S/C17H22N2/c1-11-5-8-16(14(4)9-11)17(19-18)15-7-6-12(2)13(3)10-15/h5-10,17,19H,18H2,1-4H3. The van der Waals surface area contributed by atoms with Gasteiger partial charge in [0, 0.05) is 0 Å². The first kappa shape index (κ1) is 13.8. The molecular formula is C17H22N2. The number of rotatable bonds is 3. The maximum absolute atomic E-state index is 5.78. The Morgan fingerprint density at radius 2 is 1.58 bits per heavy atom. The van der Waals surface area contributed by atoms with Crippen molar-refractivity contribution < 1.29 is 0 Å². The zero-order valence-electron chi connectivity index (χ0n) is 12.1. The van der Waals surface area contributed by atoms with E-state index in [4.69, 9.17) is 5.84 Å². The maximum Gasteiger partial charge on any atom is 0.0712 e. The van der Waals surface area contributed by atoms with Crippen LogP contribution >= 0.6 is 0 Å². The van der Waals surface area contributed by atoms with Crippen molar-refractivity contribution in [2.45, 2.75) is 33.7 Å². The summed E-state index contributed by atoms with van der Waals surface area (Å²) in [6.07, 6.45) is 0. The van der Waals surface area contributed by atoms with Crippen molar-refractivity contribution >= 4 is 0 Å². The number of hydrazine groups is 1. The summed E-state index contributed by atoms with van der Waals surface area (Å²) in [6.45, 7) is 8.50. The Hall–Kier alpha value is -1.64. The van der Waals surface area contributed by atoms with Crippen molar-refractivity contribution in [1.82, 2.24) is 5.43 Å². The van der Waals surface area contributed by atoms with E-state index in [0.29, 0.717) is 0 Å². The lowest BCUT2D eigenvalue weighted by molar-refractivity contribution is 0.633. The number of benzene rings is 2. The highest BCUT2D eigenvalue weighted by Crippen LogP contribution is 2.26. The molecule has 0 saturated heterocycles. The monoisotopic (exact) mass is 254 g/mol. The molecule has 0 aliphatic carbocycles. The third-order valence-electron chi connectivity index (χ3n) is 3.77. The van der Waals surface area contributed by atoms with E-state index in [2.05, 4.69) is 69.5 Å². The van der Waals surface area contributed by atoms with Crippen molar-refractivity contribution in [3.8, 4) is 0 Å². The van der Waals surface area contributed by atoms with Crippen LogP contribution in [-0.4, -0.2) is 0 Å². The maximum atomic E-state index is 5.78. The predicted molar refractivity (Wildman–Crippen MR) is 81.0 cm³/mol. The SMILES string of the molecule is Cc1ccc(C(NN)c2ccc(C)c(C)c2)c(C)c1. The first-order chi connectivity index (χ1) is 9.02. The van der Waals surface area contributed by atoms with E-state index < -0.39 is 0 Å². The van der Waals surface area contributed by atoms with Gasteiger partial charge in [-0.3, -0.25) is 5.84 Å². The molecule has 0 heterocycles. The molecule has 2 rings (SSSR count). The fourth-order valence-corrected chi connectivity index (χ4v) is 2.46. The quantitative estimate of drug-likeness (QED) is 0.650. The first-order valence-electron chi connectivity index (χ1n) is 6.63. The van der Waals surface area contributed by atoms with Crippen molar-refractivity contribution in [2.75, 3.05) is 0 Å². The molecule has 100 valence electrons. The fraction of sp³-hybridized carbons (Fsp3) is 0.294. The second-order valence-electron chi connectivity index (χ2n) is 5.30. The Labute approximate surface area is 115 Å². The summed E-state index contributed by atoms with van der Waals surface area (Å²) in [5.74, 6) is 5.78. The second kappa shape index (κ2) is 5.55. The summed E-state index contributed by atoms with van der Waals surface area (Å²) in [6, 6.07) is 13.0. The summed E-state index contributed by atoms with van der Waals surface area (Å²) in [5.41, 5.74) is 10.5. The normalized spacial score (nSPS) is 12.5. The molecule has 0 saturated carbocycles. The van der Waals surface area contributed by atoms with Crippen LogP contribution in [0.25, 0.3) is 0 Å². The lowest BCUT2D eigenvalue weighted by Crippen LogP contribution is -2.29. The van der Waals surface area contributed by atoms with Gasteiger partial charge in [0.05, 0.1) is 6.04 Å². The highest BCUT2D eigenvalue weighted by molar-refractivity contribution is 5.41. The molecule has 0 amide bonds. The molecule has 0 radical (unpaired) electrons. The molecule has 1 unspecified atom stereocenters. The van der Waals surface area contributed by atoms with E-state index in [-0.39, 0.29) is 6.04 Å². The van der Waals surface area contributed by atoms with Crippen LogP contribution in [0, 0.1) is 27.7 Å². The van der Waals surface area contributed by atoms with Crippen molar-refractivity contribution in [3.63, 3.8) is 0 Å². The third kappa shape index (κ3) is 2.86. The van der Waals surface area contributed by atoms with Gasteiger partial charge in [-0.05, 0) is 55.5 Å². The molecule has 3 N–H and O–H groups in total. The Balaban J connectivity index is 2.46. The highest BCUT2D eigenvalue weighted by Gasteiger charge is 2.15. The van der Waals surface area contributed by atoms with Crippen LogP contribution in [0.1, 0.15) is 39.4 Å². The molecule has 2 heteroatoms. The summed E-state index contributed by atoms with van der Waals surface area (Å²) in [5, 5.41) is 0. The summed E-state index contributed by atoms with van der Waals surface area (Å²) < 4.78 is 0. The summed E-state index contributed by atoms with van der Waals surface area (Å²) in [7, 11) is 0. The predicted octanol–water partition coefficient (Wildman–Crippen LogP) is 3.47. The van der Waals surface area contributed by atoms with E-state index in [9.17, 15) is 0 Å². The van der Waals surface area contributed by atoms with Crippen molar-refractivity contribution in [2.24, 2.45) is 5.84 Å². The number of hydrogen-bond donors (Lipinski definition) is 2. The minimum absolute atomic E-state index is 0.0416. The first-order valence-corrected chi connectivity index (χ1v) is 6.63. The molecule has 1 atom stereocenters. The van der Waals surface area contributed by atoms with E-state index in [1.165, 1.54) is 33.4 Å². The Kier molecular flexibility index (Phi) is 4.03. The van der Waals surface area contributed by atoms with Crippen molar-refractivity contribution in [3.05, 3.63) is 69.8 Å². The van der Waals surface area contributed by atoms with Crippen LogP contribution in [0.3, 0.4) is 0 Å². The largest absolute Gasteiger partial charge is 0.271 e. The topological polar surface area (TPSA) is 38.0 Å². The smallest absolute Gasteiger partial charge is 0.0712 e. The Morgan fingerprint density at radius 3 is 2.16 bits per heavy atom. The van der Waals surface area contributed by atoms with Gasteiger partial charge in [-0.15, -0.1) is 0 Å². The summed E-state index contributed by atoms with van der Waals surface area (Å²) in [4.78, 5) is 0. The van der Waals surface area contributed by atoms with Crippen LogP contribution in [0.4, 0.5) is 0 Å². The molecule has 0 aliphatic rings. The van der Waals surface area contributed by atoms with Gasteiger partial charge in [-0.25, -0.2) is 5.43 Å². The van der Waals surface area contributed by atoms with Crippen molar-refractivity contribution in [1.29, 1.82) is 0 Å². The number of aryl methyl sites for hydroxylation is 4. The minimum atomic E-state index is 0.0416. The molecule has 0 spiro atoms. The van der Waals surface area contributed by atoms with Gasteiger partial charge in [-0.1, -0.05) is 42.0 Å². The van der Waals surface area contributed by atoms with Crippen LogP contribution in [0.15, 0.2) is 36.4 Å². The van der Waals surface area contributed by atoms with Gasteiger partial charge in [0.1, 0.15) is 0 Å². The number of nitrogens with one attached hydrogen (secondary N) is 1. The average molecular weight is 254 g/mol. The number of nitrogens with two attached hydrogens (primary N) is 1. The zero-order valence-corrected chi connectivity index (χ0v) is 12.1. The van der Waals surface area contributed by atoms with Crippen LogP contribution in [-0.2, 0) is 0 Å². The van der Waals surface area contributed by atoms with Crippen LogP contribution < -0.4 is 11.3 Å². The fourth-order valence-electron chi connectivity index (χ4n) is 2.46.